The number of hydrogen-bond acceptors (Lipinski definition) is 3. The van der Waals surface area contributed by atoms with Crippen molar-refractivity contribution in [3.8, 4) is 11.5 Å². The Morgan fingerprint density at radius 2 is 1.94 bits per heavy atom. The number of hydrogen-bond donors (Lipinski definition) is 0. The molecule has 99 valence electrons. The van der Waals surface area contributed by atoms with Gasteiger partial charge in [0, 0.05) is 26.2 Å². The first-order valence-electron chi connectivity index (χ1n) is 6.40. The Morgan fingerprint density at radius 1 is 1.11 bits per heavy atom. The van der Waals surface area contributed by atoms with Crippen molar-refractivity contribution in [2.24, 2.45) is 0 Å². The lowest BCUT2D eigenvalue weighted by molar-refractivity contribution is 0.283. The molecule has 1 radical (unpaired) electrons. The maximum atomic E-state index is 5.33. The number of nitrogens with zero attached hydrogens (tertiary/aromatic N) is 2. The lowest BCUT2D eigenvalue weighted by Crippen LogP contribution is -2.26. The van der Waals surface area contributed by atoms with Crippen LogP contribution in [0.25, 0.3) is 0 Å². The highest BCUT2D eigenvalue weighted by Crippen LogP contribution is 2.28. The van der Waals surface area contributed by atoms with Gasteiger partial charge < -0.3 is 9.47 Å². The average molecular weight is 249 g/mol. The van der Waals surface area contributed by atoms with Gasteiger partial charge >= 0.3 is 0 Å². The molecule has 1 fully saturated rings. The number of benzene rings is 1. The van der Waals surface area contributed by atoms with Gasteiger partial charge in [-0.1, -0.05) is 6.07 Å². The topological polar surface area (TPSA) is 35.8 Å². The summed E-state index contributed by atoms with van der Waals surface area (Å²) in [7, 11) is 3.33. The van der Waals surface area contributed by atoms with Crippen molar-refractivity contribution in [1.82, 2.24) is 10.2 Å². The van der Waals surface area contributed by atoms with Crippen LogP contribution >= 0.6 is 0 Å². The SMILES string of the molecule is COc1ccc(CN2CCC[N]CC2)cc1OC. The van der Waals surface area contributed by atoms with E-state index in [9.17, 15) is 0 Å². The predicted molar refractivity (Wildman–Crippen MR) is 71.3 cm³/mol. The fraction of sp³-hybridized carbons (Fsp3) is 0.571. The third-order valence-electron chi connectivity index (χ3n) is 3.22. The minimum atomic E-state index is 0.784. The van der Waals surface area contributed by atoms with Crippen molar-refractivity contribution in [1.29, 1.82) is 0 Å². The molecule has 1 aromatic carbocycles. The molecule has 0 spiro atoms. The van der Waals surface area contributed by atoms with Gasteiger partial charge in [0.1, 0.15) is 0 Å². The van der Waals surface area contributed by atoms with Gasteiger partial charge in [-0.2, -0.15) is 0 Å². The van der Waals surface area contributed by atoms with Gasteiger partial charge in [-0.25, -0.2) is 5.32 Å². The molecule has 2 rings (SSSR count). The van der Waals surface area contributed by atoms with E-state index in [2.05, 4.69) is 22.3 Å². The van der Waals surface area contributed by atoms with Crippen molar-refractivity contribution in [2.75, 3.05) is 40.4 Å². The number of ether oxygens (including phenoxy) is 2. The fourth-order valence-corrected chi connectivity index (χ4v) is 2.24. The second-order valence-electron chi connectivity index (χ2n) is 4.49. The van der Waals surface area contributed by atoms with Crippen LogP contribution in [-0.2, 0) is 6.54 Å². The van der Waals surface area contributed by atoms with Crippen molar-refractivity contribution in [3.63, 3.8) is 0 Å². The largest absolute Gasteiger partial charge is 0.493 e. The average Bonchev–Trinajstić information content (AvgIpc) is 2.67. The molecule has 0 saturated carbocycles. The first kappa shape index (κ1) is 13.2. The first-order valence-corrected chi connectivity index (χ1v) is 6.40. The maximum absolute atomic E-state index is 5.33. The van der Waals surface area contributed by atoms with Crippen LogP contribution in [0, 0.1) is 0 Å². The second kappa shape index (κ2) is 6.61. The van der Waals surface area contributed by atoms with E-state index in [-0.39, 0.29) is 0 Å². The Hall–Kier alpha value is -1.26. The first-order chi connectivity index (χ1) is 8.83. The van der Waals surface area contributed by atoms with E-state index in [0.717, 1.165) is 50.6 Å². The zero-order valence-corrected chi connectivity index (χ0v) is 11.2. The molecular formula is C14H21N2O2. The van der Waals surface area contributed by atoms with Crippen LogP contribution in [0.2, 0.25) is 0 Å². The second-order valence-corrected chi connectivity index (χ2v) is 4.49. The lowest BCUT2D eigenvalue weighted by atomic mass is 10.2. The molecule has 1 aliphatic rings. The van der Waals surface area contributed by atoms with Crippen LogP contribution in [0.1, 0.15) is 12.0 Å². The van der Waals surface area contributed by atoms with E-state index in [4.69, 9.17) is 9.47 Å². The monoisotopic (exact) mass is 249 g/mol. The molecule has 1 saturated heterocycles. The summed E-state index contributed by atoms with van der Waals surface area (Å²) in [4.78, 5) is 2.44. The van der Waals surface area contributed by atoms with Gasteiger partial charge in [-0.15, -0.1) is 0 Å². The summed E-state index contributed by atoms with van der Waals surface area (Å²) < 4.78 is 10.6. The molecular weight excluding hydrogens is 228 g/mol. The fourth-order valence-electron chi connectivity index (χ4n) is 2.24. The van der Waals surface area contributed by atoms with Crippen molar-refractivity contribution in [2.45, 2.75) is 13.0 Å². The summed E-state index contributed by atoms with van der Waals surface area (Å²) in [6.07, 6.45) is 1.16. The minimum Gasteiger partial charge on any atom is -0.493 e. The Kier molecular flexibility index (Phi) is 4.84. The van der Waals surface area contributed by atoms with E-state index >= 15 is 0 Å². The van der Waals surface area contributed by atoms with E-state index in [1.165, 1.54) is 5.56 Å². The summed E-state index contributed by atoms with van der Waals surface area (Å²) in [5.74, 6) is 1.58. The third kappa shape index (κ3) is 3.37. The molecule has 0 bridgehead atoms. The molecule has 0 unspecified atom stereocenters. The zero-order valence-electron chi connectivity index (χ0n) is 11.2. The number of methoxy groups -OCH3 is 2. The van der Waals surface area contributed by atoms with Crippen molar-refractivity contribution < 1.29 is 9.47 Å². The van der Waals surface area contributed by atoms with Gasteiger partial charge in [0.05, 0.1) is 14.2 Å². The maximum Gasteiger partial charge on any atom is 0.161 e. The number of rotatable bonds is 4. The third-order valence-corrected chi connectivity index (χ3v) is 3.22. The zero-order chi connectivity index (χ0) is 12.8. The van der Waals surface area contributed by atoms with Gasteiger partial charge in [-0.3, -0.25) is 4.90 Å². The van der Waals surface area contributed by atoms with Gasteiger partial charge in [-0.05, 0) is 30.7 Å². The molecule has 4 heteroatoms. The summed E-state index contributed by atoms with van der Waals surface area (Å²) in [6.45, 7) is 5.08. The van der Waals surface area contributed by atoms with E-state index in [1.807, 2.05) is 6.07 Å². The Labute approximate surface area is 109 Å². The van der Waals surface area contributed by atoms with Crippen LogP contribution in [0.3, 0.4) is 0 Å². The highest BCUT2D eigenvalue weighted by Gasteiger charge is 2.11. The lowest BCUT2D eigenvalue weighted by Gasteiger charge is -2.20. The molecule has 0 aromatic heterocycles. The van der Waals surface area contributed by atoms with Crippen molar-refractivity contribution in [3.05, 3.63) is 23.8 Å². The van der Waals surface area contributed by atoms with Crippen molar-refractivity contribution >= 4 is 0 Å². The molecule has 0 atom stereocenters. The summed E-state index contributed by atoms with van der Waals surface area (Å²) in [5, 5.41) is 4.44. The Bertz CT molecular complexity index is 374. The smallest absolute Gasteiger partial charge is 0.161 e. The van der Waals surface area contributed by atoms with Gasteiger partial charge in [0.25, 0.3) is 0 Å². The summed E-state index contributed by atoms with van der Waals surface area (Å²) >= 11 is 0. The quantitative estimate of drug-likeness (QED) is 0.811. The van der Waals surface area contributed by atoms with Crippen LogP contribution in [0.4, 0.5) is 0 Å². The summed E-state index contributed by atoms with van der Waals surface area (Å²) in [6, 6.07) is 6.13. The van der Waals surface area contributed by atoms with Gasteiger partial charge in [0.15, 0.2) is 11.5 Å². The van der Waals surface area contributed by atoms with E-state index in [1.54, 1.807) is 14.2 Å². The Morgan fingerprint density at radius 3 is 2.72 bits per heavy atom. The highest BCUT2D eigenvalue weighted by atomic mass is 16.5. The molecule has 1 aliphatic heterocycles. The summed E-state index contributed by atoms with van der Waals surface area (Å²) in [5.41, 5.74) is 1.26. The molecule has 1 aromatic rings. The van der Waals surface area contributed by atoms with E-state index < -0.39 is 0 Å². The standard InChI is InChI=1S/C14H21N2O2/c1-17-13-5-4-12(10-14(13)18-2)11-16-8-3-6-15-7-9-16/h4-5,10H,3,6-9,11H2,1-2H3. The molecule has 0 amide bonds. The van der Waals surface area contributed by atoms with Crippen LogP contribution in [0.5, 0.6) is 11.5 Å². The van der Waals surface area contributed by atoms with E-state index in [0.29, 0.717) is 0 Å². The van der Waals surface area contributed by atoms with Crippen LogP contribution < -0.4 is 14.8 Å². The molecule has 4 nitrogen and oxygen atoms in total. The molecule has 0 aliphatic carbocycles. The van der Waals surface area contributed by atoms with Gasteiger partial charge in [0.2, 0.25) is 0 Å². The highest BCUT2D eigenvalue weighted by molar-refractivity contribution is 5.42. The molecule has 18 heavy (non-hydrogen) atoms. The van der Waals surface area contributed by atoms with Crippen LogP contribution in [0.15, 0.2) is 18.2 Å². The molecule has 1 heterocycles. The molecule has 0 N–H and O–H groups in total. The minimum absolute atomic E-state index is 0.784. The normalized spacial score (nSPS) is 17.2. The Balaban J connectivity index is 2.03. The van der Waals surface area contributed by atoms with Crippen LogP contribution in [-0.4, -0.2) is 45.3 Å². The predicted octanol–water partition coefficient (Wildman–Crippen LogP) is 1.51.